The molecule has 0 aromatic rings. The van der Waals surface area contributed by atoms with Crippen LogP contribution < -0.4 is 5.32 Å². The molecule has 3 heteroatoms. The van der Waals surface area contributed by atoms with Gasteiger partial charge in [-0.15, -0.1) is 0 Å². The Kier molecular flexibility index (Phi) is 7.01. The Morgan fingerprint density at radius 3 is 2.94 bits per heavy atom. The van der Waals surface area contributed by atoms with Gasteiger partial charge in [0.2, 0.25) is 0 Å². The molecule has 0 amide bonds. The van der Waals surface area contributed by atoms with Crippen LogP contribution in [0.1, 0.15) is 33.6 Å². The minimum Gasteiger partial charge on any atom is -0.382 e. The lowest BCUT2D eigenvalue weighted by molar-refractivity contribution is 0.0898. The molecular formula is C13H28N2O. The number of piperazine rings is 1. The summed E-state index contributed by atoms with van der Waals surface area (Å²) in [4.78, 5) is 2.64. The van der Waals surface area contributed by atoms with Crippen molar-refractivity contribution in [2.24, 2.45) is 5.92 Å². The van der Waals surface area contributed by atoms with Crippen LogP contribution in [0, 0.1) is 5.92 Å². The number of hydrogen-bond donors (Lipinski definition) is 1. The Bertz CT molecular complexity index is 175. The zero-order chi connectivity index (χ0) is 11.8. The molecule has 1 rings (SSSR count). The monoisotopic (exact) mass is 228 g/mol. The molecule has 1 aliphatic rings. The first kappa shape index (κ1) is 13.9. The van der Waals surface area contributed by atoms with Crippen molar-refractivity contribution in [2.75, 3.05) is 39.4 Å². The number of hydrogen-bond acceptors (Lipinski definition) is 3. The van der Waals surface area contributed by atoms with E-state index in [1.807, 2.05) is 0 Å². The fourth-order valence-electron chi connectivity index (χ4n) is 2.39. The van der Waals surface area contributed by atoms with E-state index in [2.05, 4.69) is 31.0 Å². The summed E-state index contributed by atoms with van der Waals surface area (Å²) < 4.78 is 5.40. The Balaban J connectivity index is 2.29. The van der Waals surface area contributed by atoms with E-state index in [-0.39, 0.29) is 0 Å². The summed E-state index contributed by atoms with van der Waals surface area (Å²) >= 11 is 0. The van der Waals surface area contributed by atoms with Gasteiger partial charge in [-0.3, -0.25) is 4.90 Å². The van der Waals surface area contributed by atoms with Crippen molar-refractivity contribution >= 4 is 0 Å². The highest BCUT2D eigenvalue weighted by molar-refractivity contribution is 4.83. The molecule has 96 valence electrons. The van der Waals surface area contributed by atoms with Crippen LogP contribution in [0.25, 0.3) is 0 Å². The van der Waals surface area contributed by atoms with Gasteiger partial charge in [0.25, 0.3) is 0 Å². The summed E-state index contributed by atoms with van der Waals surface area (Å²) in [6, 6.07) is 0.723. The molecule has 0 aromatic heterocycles. The zero-order valence-corrected chi connectivity index (χ0v) is 11.2. The molecule has 2 unspecified atom stereocenters. The number of nitrogens with zero attached hydrogens (tertiary/aromatic N) is 1. The van der Waals surface area contributed by atoms with Gasteiger partial charge in [0.15, 0.2) is 0 Å². The van der Waals surface area contributed by atoms with Gasteiger partial charge in [-0.25, -0.2) is 0 Å². The van der Waals surface area contributed by atoms with Gasteiger partial charge in [-0.05, 0) is 19.3 Å². The molecule has 1 saturated heterocycles. The summed E-state index contributed by atoms with van der Waals surface area (Å²) in [5.74, 6) is 0.792. The molecule has 0 bridgehead atoms. The largest absolute Gasteiger partial charge is 0.382 e. The highest BCUT2D eigenvalue weighted by Gasteiger charge is 2.25. The first-order valence-electron chi connectivity index (χ1n) is 6.82. The standard InChI is InChI=1S/C13H28N2O/c1-4-12(3)13-11-14-7-9-15(13)8-6-10-16-5-2/h12-14H,4-11H2,1-3H3. The summed E-state index contributed by atoms with van der Waals surface area (Å²) in [6.07, 6.45) is 2.44. The summed E-state index contributed by atoms with van der Waals surface area (Å²) in [5, 5.41) is 3.51. The maximum absolute atomic E-state index is 5.40. The van der Waals surface area contributed by atoms with Crippen molar-refractivity contribution in [1.29, 1.82) is 0 Å². The predicted octanol–water partition coefficient (Wildman–Crippen LogP) is 1.73. The van der Waals surface area contributed by atoms with E-state index in [1.54, 1.807) is 0 Å². The van der Waals surface area contributed by atoms with Crippen molar-refractivity contribution in [2.45, 2.75) is 39.7 Å². The lowest BCUT2D eigenvalue weighted by Gasteiger charge is -2.39. The second-order valence-corrected chi connectivity index (χ2v) is 4.74. The number of rotatable bonds is 7. The number of ether oxygens (including phenoxy) is 1. The van der Waals surface area contributed by atoms with E-state index in [1.165, 1.54) is 25.9 Å². The van der Waals surface area contributed by atoms with Crippen LogP contribution in [-0.4, -0.2) is 50.3 Å². The molecule has 2 atom stereocenters. The van der Waals surface area contributed by atoms with Crippen molar-refractivity contribution in [1.82, 2.24) is 10.2 Å². The minimum atomic E-state index is 0.723. The van der Waals surface area contributed by atoms with E-state index in [0.29, 0.717) is 0 Å². The van der Waals surface area contributed by atoms with Crippen molar-refractivity contribution in [3.05, 3.63) is 0 Å². The Morgan fingerprint density at radius 2 is 2.25 bits per heavy atom. The van der Waals surface area contributed by atoms with Gasteiger partial charge in [0, 0.05) is 45.4 Å². The fraction of sp³-hybridized carbons (Fsp3) is 1.00. The third-order valence-electron chi connectivity index (χ3n) is 3.64. The molecule has 0 saturated carbocycles. The minimum absolute atomic E-state index is 0.723. The Morgan fingerprint density at radius 1 is 1.44 bits per heavy atom. The Labute approximate surface area is 101 Å². The lowest BCUT2D eigenvalue weighted by atomic mass is 9.96. The average Bonchev–Trinajstić information content (AvgIpc) is 2.34. The molecular weight excluding hydrogens is 200 g/mol. The number of nitrogens with one attached hydrogen (secondary N) is 1. The zero-order valence-electron chi connectivity index (χ0n) is 11.2. The second kappa shape index (κ2) is 8.04. The normalized spacial score (nSPS) is 24.6. The van der Waals surface area contributed by atoms with E-state index >= 15 is 0 Å². The predicted molar refractivity (Wildman–Crippen MR) is 68.8 cm³/mol. The molecule has 1 heterocycles. The van der Waals surface area contributed by atoms with E-state index in [4.69, 9.17) is 4.74 Å². The summed E-state index contributed by atoms with van der Waals surface area (Å²) in [5.41, 5.74) is 0. The summed E-state index contributed by atoms with van der Waals surface area (Å²) in [7, 11) is 0. The summed E-state index contributed by atoms with van der Waals surface area (Å²) in [6.45, 7) is 13.2. The lowest BCUT2D eigenvalue weighted by Crippen LogP contribution is -2.54. The van der Waals surface area contributed by atoms with Gasteiger partial charge < -0.3 is 10.1 Å². The highest BCUT2D eigenvalue weighted by Crippen LogP contribution is 2.16. The highest BCUT2D eigenvalue weighted by atomic mass is 16.5. The van der Waals surface area contributed by atoms with Crippen LogP contribution in [0.3, 0.4) is 0 Å². The second-order valence-electron chi connectivity index (χ2n) is 4.74. The Hall–Kier alpha value is -0.120. The van der Waals surface area contributed by atoms with Crippen LogP contribution in [0.4, 0.5) is 0 Å². The van der Waals surface area contributed by atoms with Crippen LogP contribution in [0.15, 0.2) is 0 Å². The third kappa shape index (κ3) is 4.40. The molecule has 0 spiro atoms. The smallest absolute Gasteiger partial charge is 0.0478 e. The van der Waals surface area contributed by atoms with Crippen LogP contribution in [0.5, 0.6) is 0 Å². The maximum atomic E-state index is 5.40. The van der Waals surface area contributed by atoms with Crippen molar-refractivity contribution < 1.29 is 4.74 Å². The maximum Gasteiger partial charge on any atom is 0.0478 e. The molecule has 0 aliphatic carbocycles. The van der Waals surface area contributed by atoms with Crippen molar-refractivity contribution in [3.8, 4) is 0 Å². The van der Waals surface area contributed by atoms with Gasteiger partial charge in [0.1, 0.15) is 0 Å². The molecule has 1 aliphatic heterocycles. The third-order valence-corrected chi connectivity index (χ3v) is 3.64. The first-order chi connectivity index (χ1) is 7.79. The van der Waals surface area contributed by atoms with Gasteiger partial charge in [-0.1, -0.05) is 20.3 Å². The molecule has 1 N–H and O–H groups in total. The average molecular weight is 228 g/mol. The van der Waals surface area contributed by atoms with E-state index in [9.17, 15) is 0 Å². The molecule has 0 radical (unpaired) electrons. The fourth-order valence-corrected chi connectivity index (χ4v) is 2.39. The molecule has 16 heavy (non-hydrogen) atoms. The first-order valence-corrected chi connectivity index (χ1v) is 6.82. The quantitative estimate of drug-likeness (QED) is 0.672. The molecule has 1 fully saturated rings. The topological polar surface area (TPSA) is 24.5 Å². The molecule has 3 nitrogen and oxygen atoms in total. The van der Waals surface area contributed by atoms with Crippen LogP contribution in [-0.2, 0) is 4.74 Å². The van der Waals surface area contributed by atoms with E-state index < -0.39 is 0 Å². The van der Waals surface area contributed by atoms with Crippen LogP contribution >= 0.6 is 0 Å². The molecule has 0 aromatic carbocycles. The van der Waals surface area contributed by atoms with Gasteiger partial charge in [-0.2, -0.15) is 0 Å². The SMILES string of the molecule is CCOCCCN1CCNCC1C(C)CC. The van der Waals surface area contributed by atoms with Gasteiger partial charge >= 0.3 is 0 Å². The van der Waals surface area contributed by atoms with Gasteiger partial charge in [0.05, 0.1) is 0 Å². The van der Waals surface area contributed by atoms with Crippen LogP contribution in [0.2, 0.25) is 0 Å². The van der Waals surface area contributed by atoms with E-state index in [0.717, 1.165) is 38.3 Å². The van der Waals surface area contributed by atoms with Crippen molar-refractivity contribution in [3.63, 3.8) is 0 Å².